The van der Waals surface area contributed by atoms with Gasteiger partial charge in [-0.25, -0.2) is 0 Å². The van der Waals surface area contributed by atoms with E-state index in [9.17, 15) is 14.4 Å². The molecule has 11 atom stereocenters. The Hall–Kier alpha value is -1.75. The molecule has 1 spiro atoms. The Morgan fingerprint density at radius 2 is 1.59 bits per heavy atom. The Morgan fingerprint density at radius 1 is 0.919 bits per heavy atom. The van der Waals surface area contributed by atoms with Gasteiger partial charge >= 0.3 is 17.9 Å². The first-order valence-electron chi connectivity index (χ1n) is 13.4. The molecule has 10 heteroatoms. The highest BCUT2D eigenvalue weighted by Gasteiger charge is 2.80. The van der Waals surface area contributed by atoms with Crippen molar-refractivity contribution in [1.82, 2.24) is 0 Å². The molecule has 2 aliphatic carbocycles. The van der Waals surface area contributed by atoms with Crippen molar-refractivity contribution in [3.8, 4) is 0 Å². The highest BCUT2D eigenvalue weighted by atomic mass is 16.8. The lowest BCUT2D eigenvalue weighted by Gasteiger charge is -2.64. The van der Waals surface area contributed by atoms with Gasteiger partial charge < -0.3 is 33.2 Å². The SMILES string of the molecule is COC1CC2CC(C3(C)C(C)CC(OC(C)=O)C4(COC(C)=O)C3CCC(OC(C)=O)C43CO3)OC2O1. The minimum absolute atomic E-state index is 0.00679. The predicted molar refractivity (Wildman–Crippen MR) is 127 cm³/mol. The van der Waals surface area contributed by atoms with E-state index < -0.39 is 41.1 Å². The van der Waals surface area contributed by atoms with E-state index in [1.54, 1.807) is 7.11 Å². The fourth-order valence-electron chi connectivity index (χ4n) is 8.28. The summed E-state index contributed by atoms with van der Waals surface area (Å²) in [5.41, 5.74) is -2.18. The first kappa shape index (κ1) is 26.8. The van der Waals surface area contributed by atoms with Crippen LogP contribution in [0.1, 0.15) is 66.7 Å². The summed E-state index contributed by atoms with van der Waals surface area (Å²) in [7, 11) is 1.64. The van der Waals surface area contributed by atoms with Crippen molar-refractivity contribution in [1.29, 1.82) is 0 Å². The van der Waals surface area contributed by atoms with Gasteiger partial charge in [0.15, 0.2) is 12.6 Å². The summed E-state index contributed by atoms with van der Waals surface area (Å²) in [6.45, 7) is 8.92. The van der Waals surface area contributed by atoms with Gasteiger partial charge in [-0.1, -0.05) is 13.8 Å². The number of carbonyl (C=O) groups excluding carboxylic acids is 3. The highest BCUT2D eigenvalue weighted by Crippen LogP contribution is 2.70. The molecule has 10 nitrogen and oxygen atoms in total. The van der Waals surface area contributed by atoms with Crippen molar-refractivity contribution in [3.63, 3.8) is 0 Å². The third-order valence-corrected chi connectivity index (χ3v) is 10.1. The number of hydrogen-bond donors (Lipinski definition) is 0. The molecule has 5 aliphatic rings. The monoisotopic (exact) mass is 524 g/mol. The van der Waals surface area contributed by atoms with E-state index in [0.717, 1.165) is 12.8 Å². The molecule has 5 fully saturated rings. The summed E-state index contributed by atoms with van der Waals surface area (Å²) in [5.74, 6) is -0.964. The van der Waals surface area contributed by atoms with E-state index in [1.165, 1.54) is 20.8 Å². The number of esters is 3. The molecular formula is C27H40O10. The van der Waals surface area contributed by atoms with Crippen molar-refractivity contribution in [2.24, 2.45) is 28.6 Å². The van der Waals surface area contributed by atoms with Gasteiger partial charge in [0.2, 0.25) is 0 Å². The molecule has 5 rings (SSSR count). The van der Waals surface area contributed by atoms with E-state index >= 15 is 0 Å². The molecule has 0 N–H and O–H groups in total. The van der Waals surface area contributed by atoms with Crippen molar-refractivity contribution in [2.75, 3.05) is 20.3 Å². The predicted octanol–water partition coefficient (Wildman–Crippen LogP) is 2.75. The van der Waals surface area contributed by atoms with Gasteiger partial charge in [0, 0.05) is 45.6 Å². The quantitative estimate of drug-likeness (QED) is 0.291. The first-order valence-corrected chi connectivity index (χ1v) is 13.4. The largest absolute Gasteiger partial charge is 0.465 e. The van der Waals surface area contributed by atoms with Gasteiger partial charge in [-0.3, -0.25) is 14.4 Å². The summed E-state index contributed by atoms with van der Waals surface area (Å²) < 4.78 is 41.8. The minimum Gasteiger partial charge on any atom is -0.465 e. The highest BCUT2D eigenvalue weighted by molar-refractivity contribution is 5.67. The molecule has 0 aromatic rings. The Bertz CT molecular complexity index is 918. The molecule has 0 aromatic heterocycles. The Balaban J connectivity index is 1.57. The van der Waals surface area contributed by atoms with E-state index in [1.807, 2.05) is 0 Å². The minimum atomic E-state index is -0.912. The number of epoxide rings is 1. The summed E-state index contributed by atoms with van der Waals surface area (Å²) in [6.07, 6.45) is 1.63. The van der Waals surface area contributed by atoms with Crippen molar-refractivity contribution >= 4 is 17.9 Å². The fourth-order valence-corrected chi connectivity index (χ4v) is 8.28. The lowest BCUT2D eigenvalue weighted by molar-refractivity contribution is -0.276. The van der Waals surface area contributed by atoms with Crippen LogP contribution in [-0.4, -0.2) is 74.7 Å². The molecule has 11 unspecified atom stereocenters. The summed E-state index contributed by atoms with van der Waals surface area (Å²) in [6, 6.07) is 0. The third kappa shape index (κ3) is 4.10. The van der Waals surface area contributed by atoms with E-state index in [0.29, 0.717) is 25.9 Å². The van der Waals surface area contributed by atoms with Gasteiger partial charge in [-0.2, -0.15) is 0 Å². The zero-order valence-corrected chi connectivity index (χ0v) is 22.7. The second-order valence-corrected chi connectivity index (χ2v) is 11.9. The van der Waals surface area contributed by atoms with Gasteiger partial charge in [-0.15, -0.1) is 0 Å². The normalized spacial score (nSPS) is 48.2. The number of hydrogen-bond acceptors (Lipinski definition) is 10. The molecule has 3 saturated heterocycles. The third-order valence-electron chi connectivity index (χ3n) is 10.1. The Labute approximate surface area is 217 Å². The van der Waals surface area contributed by atoms with E-state index in [4.69, 9.17) is 33.2 Å². The Kier molecular flexibility index (Phi) is 6.87. The van der Waals surface area contributed by atoms with Gasteiger partial charge in [-0.05, 0) is 37.5 Å². The standard InChI is InChI=1S/C27H40O10/c1-14-9-22(35-17(4)30)26(12-32-15(2)28)19(7-8-20(34-16(3)29)27(26)13-33-27)25(14,5)21-10-18-11-23(31-6)37-24(18)36-21/h14,18-24H,7-13H2,1-6H3. The molecule has 3 aliphatic heterocycles. The van der Waals surface area contributed by atoms with Crippen molar-refractivity contribution < 1.29 is 47.5 Å². The topological polar surface area (TPSA) is 119 Å². The van der Waals surface area contributed by atoms with Crippen molar-refractivity contribution in [3.05, 3.63) is 0 Å². The zero-order valence-electron chi connectivity index (χ0n) is 22.7. The summed E-state index contributed by atoms with van der Waals surface area (Å²) in [5, 5.41) is 0. The van der Waals surface area contributed by atoms with Crippen molar-refractivity contribution in [2.45, 2.75) is 103 Å². The summed E-state index contributed by atoms with van der Waals surface area (Å²) >= 11 is 0. The molecule has 0 bridgehead atoms. The maximum atomic E-state index is 12.4. The van der Waals surface area contributed by atoms with Crippen LogP contribution >= 0.6 is 0 Å². The van der Waals surface area contributed by atoms with Crippen LogP contribution < -0.4 is 0 Å². The molecule has 0 radical (unpaired) electrons. The molecule has 0 aromatic carbocycles. The Morgan fingerprint density at radius 3 is 2.16 bits per heavy atom. The molecule has 0 amide bonds. The second kappa shape index (κ2) is 9.47. The first-order chi connectivity index (χ1) is 17.5. The van der Waals surface area contributed by atoms with Crippen LogP contribution in [0.15, 0.2) is 0 Å². The molecule has 2 saturated carbocycles. The van der Waals surface area contributed by atoms with Crippen LogP contribution in [0.3, 0.4) is 0 Å². The van der Waals surface area contributed by atoms with Crippen LogP contribution in [-0.2, 0) is 47.5 Å². The van der Waals surface area contributed by atoms with Crippen LogP contribution in [0.4, 0.5) is 0 Å². The maximum absolute atomic E-state index is 12.4. The smallest absolute Gasteiger partial charge is 0.303 e. The molecule has 3 heterocycles. The van der Waals surface area contributed by atoms with E-state index in [2.05, 4.69) is 13.8 Å². The lowest BCUT2D eigenvalue weighted by Crippen LogP contribution is -2.72. The number of ether oxygens (including phenoxy) is 7. The number of fused-ring (bicyclic) bond motifs is 3. The number of methoxy groups -OCH3 is 1. The zero-order chi connectivity index (χ0) is 26.8. The van der Waals surface area contributed by atoms with Gasteiger partial charge in [0.05, 0.1) is 18.1 Å². The van der Waals surface area contributed by atoms with Gasteiger partial charge in [0.1, 0.15) is 24.4 Å². The van der Waals surface area contributed by atoms with Crippen LogP contribution in [0, 0.1) is 28.6 Å². The fraction of sp³-hybridized carbons (Fsp3) is 0.889. The lowest BCUT2D eigenvalue weighted by atomic mass is 9.42. The summed E-state index contributed by atoms with van der Waals surface area (Å²) in [4.78, 5) is 36.6. The van der Waals surface area contributed by atoms with Crippen LogP contribution in [0.5, 0.6) is 0 Å². The average Bonchev–Trinajstić information content (AvgIpc) is 3.36. The van der Waals surface area contributed by atoms with Crippen LogP contribution in [0.2, 0.25) is 0 Å². The molecular weight excluding hydrogens is 484 g/mol. The maximum Gasteiger partial charge on any atom is 0.303 e. The van der Waals surface area contributed by atoms with E-state index in [-0.39, 0.29) is 48.5 Å². The molecule has 37 heavy (non-hydrogen) atoms. The number of carbonyl (C=O) groups is 3. The molecule has 208 valence electrons. The second-order valence-electron chi connectivity index (χ2n) is 11.9. The van der Waals surface area contributed by atoms with Gasteiger partial charge in [0.25, 0.3) is 0 Å². The number of rotatable bonds is 6. The average molecular weight is 525 g/mol. The van der Waals surface area contributed by atoms with Crippen LogP contribution in [0.25, 0.3) is 0 Å².